The first-order valence-corrected chi connectivity index (χ1v) is 12.8. The molecule has 5 rings (SSSR count). The smallest absolute Gasteiger partial charge is 0.296 e. The number of carbonyl (C=O) groups excluding carboxylic acids is 1. The summed E-state index contributed by atoms with van der Waals surface area (Å²) in [5.74, 6) is -1.57. The molecular formula is C28H30F2N6O3. The van der Waals surface area contributed by atoms with Crippen LogP contribution in [-0.2, 0) is 17.9 Å². The van der Waals surface area contributed by atoms with E-state index in [1.807, 2.05) is 24.3 Å². The van der Waals surface area contributed by atoms with Crippen molar-refractivity contribution in [1.82, 2.24) is 24.1 Å². The topological polar surface area (TPSA) is 119 Å². The summed E-state index contributed by atoms with van der Waals surface area (Å²) in [4.78, 5) is 31.8. The summed E-state index contributed by atoms with van der Waals surface area (Å²) in [5, 5.41) is 15.6. The molecule has 2 aromatic heterocycles. The van der Waals surface area contributed by atoms with Gasteiger partial charge in [0.05, 0.1) is 30.0 Å². The van der Waals surface area contributed by atoms with Crippen LogP contribution >= 0.6 is 0 Å². The molecule has 0 radical (unpaired) electrons. The van der Waals surface area contributed by atoms with Crippen molar-refractivity contribution in [3.05, 3.63) is 88.6 Å². The van der Waals surface area contributed by atoms with Crippen LogP contribution < -0.4 is 11.3 Å². The van der Waals surface area contributed by atoms with E-state index in [1.165, 1.54) is 20.3 Å². The molecule has 3 heterocycles. The van der Waals surface area contributed by atoms with Crippen LogP contribution in [-0.4, -0.2) is 60.2 Å². The predicted octanol–water partition coefficient (Wildman–Crippen LogP) is 2.81. The van der Waals surface area contributed by atoms with E-state index in [9.17, 15) is 23.5 Å². The molecule has 1 saturated heterocycles. The number of hydrogen-bond acceptors (Lipinski definition) is 6. The number of aliphatic hydroxyl groups is 1. The van der Waals surface area contributed by atoms with E-state index >= 15 is 0 Å². The van der Waals surface area contributed by atoms with Crippen LogP contribution in [0.1, 0.15) is 36.3 Å². The van der Waals surface area contributed by atoms with Gasteiger partial charge >= 0.3 is 0 Å². The van der Waals surface area contributed by atoms with Gasteiger partial charge in [-0.3, -0.25) is 14.2 Å². The van der Waals surface area contributed by atoms with Gasteiger partial charge in [0.1, 0.15) is 6.33 Å². The lowest BCUT2D eigenvalue weighted by Crippen LogP contribution is -2.50. The summed E-state index contributed by atoms with van der Waals surface area (Å²) in [6.07, 6.45) is 0.379. The normalized spacial score (nSPS) is 16.1. The number of hydrogen-bond donors (Lipinski definition) is 2. The molecule has 11 heteroatoms. The fourth-order valence-electron chi connectivity index (χ4n) is 5.04. The third-order valence-corrected chi connectivity index (χ3v) is 7.42. The maximum Gasteiger partial charge on any atom is 0.296 e. The van der Waals surface area contributed by atoms with Gasteiger partial charge in [0.15, 0.2) is 0 Å². The van der Waals surface area contributed by atoms with Gasteiger partial charge in [-0.15, -0.1) is 0 Å². The molecule has 1 aliphatic rings. The Kier molecular flexibility index (Phi) is 7.53. The van der Waals surface area contributed by atoms with Crippen molar-refractivity contribution in [1.29, 1.82) is 0 Å². The zero-order valence-corrected chi connectivity index (χ0v) is 21.3. The Morgan fingerprint density at radius 3 is 2.41 bits per heavy atom. The van der Waals surface area contributed by atoms with Crippen molar-refractivity contribution in [2.45, 2.75) is 50.3 Å². The minimum Gasteiger partial charge on any atom is -0.388 e. The fourth-order valence-corrected chi connectivity index (χ4v) is 5.04. The quantitative estimate of drug-likeness (QED) is 0.358. The number of nitrogens with zero attached hydrogens (tertiary/aromatic N) is 5. The van der Waals surface area contributed by atoms with E-state index < -0.39 is 23.5 Å². The van der Waals surface area contributed by atoms with Crippen LogP contribution in [0.3, 0.4) is 0 Å². The summed E-state index contributed by atoms with van der Waals surface area (Å²) in [5.41, 5.74) is 7.03. The van der Waals surface area contributed by atoms with E-state index in [-0.39, 0.29) is 50.5 Å². The SMILES string of the molecule is NCc1ccc(-c2cnc3c(=O)n(CC4(O)CCN(C(=O)CC(c5ccccc5)C(F)F)CC4)cnn23)cc1. The molecular weight excluding hydrogens is 506 g/mol. The third-order valence-electron chi connectivity index (χ3n) is 7.42. The molecule has 1 fully saturated rings. The van der Waals surface area contributed by atoms with Crippen LogP contribution in [0.2, 0.25) is 0 Å². The molecule has 1 amide bonds. The first-order valence-electron chi connectivity index (χ1n) is 12.8. The van der Waals surface area contributed by atoms with Gasteiger partial charge in [-0.1, -0.05) is 54.6 Å². The summed E-state index contributed by atoms with van der Waals surface area (Å²) < 4.78 is 30.2. The standard InChI is InChI=1S/C28H30F2N6O3/c29-25(30)22(20-4-2-1-3-5-20)14-24(37)34-12-10-28(39,11-13-34)17-35-18-33-36-23(16-32-26(36)27(35)38)21-8-6-19(15-31)7-9-21/h1-9,16,18,22,25,39H,10-15,17,31H2. The molecule has 1 unspecified atom stereocenters. The number of piperidine rings is 1. The van der Waals surface area contributed by atoms with Crippen molar-refractivity contribution in [2.75, 3.05) is 13.1 Å². The lowest BCUT2D eigenvalue weighted by atomic mass is 9.90. The number of nitrogens with two attached hydrogens (primary N) is 1. The number of likely N-dealkylation sites (tertiary alicyclic amines) is 1. The summed E-state index contributed by atoms with van der Waals surface area (Å²) in [6.45, 7) is 0.817. The van der Waals surface area contributed by atoms with Crippen molar-refractivity contribution in [2.24, 2.45) is 5.73 Å². The Bertz CT molecular complexity index is 1500. The zero-order chi connectivity index (χ0) is 27.6. The number of aromatic nitrogens is 4. The van der Waals surface area contributed by atoms with Crippen molar-refractivity contribution in [3.63, 3.8) is 0 Å². The minimum atomic E-state index is -2.67. The lowest BCUT2D eigenvalue weighted by molar-refractivity contribution is -0.137. The molecule has 4 aromatic rings. The Labute approximate surface area is 223 Å². The van der Waals surface area contributed by atoms with Gasteiger partial charge in [0.25, 0.3) is 5.56 Å². The van der Waals surface area contributed by atoms with Gasteiger partial charge < -0.3 is 15.7 Å². The van der Waals surface area contributed by atoms with E-state index in [4.69, 9.17) is 5.73 Å². The average molecular weight is 537 g/mol. The van der Waals surface area contributed by atoms with Crippen molar-refractivity contribution < 1.29 is 18.7 Å². The average Bonchev–Trinajstić information content (AvgIpc) is 3.39. The maximum absolute atomic E-state index is 13.7. The second-order valence-corrected chi connectivity index (χ2v) is 10.0. The summed E-state index contributed by atoms with van der Waals surface area (Å²) >= 11 is 0. The summed E-state index contributed by atoms with van der Waals surface area (Å²) in [7, 11) is 0. The third kappa shape index (κ3) is 5.59. The Hall–Kier alpha value is -3.96. The number of rotatable bonds is 8. The monoisotopic (exact) mass is 536 g/mol. The van der Waals surface area contributed by atoms with Crippen molar-refractivity contribution >= 4 is 11.6 Å². The number of fused-ring (bicyclic) bond motifs is 1. The lowest BCUT2D eigenvalue weighted by Gasteiger charge is -2.38. The predicted molar refractivity (Wildman–Crippen MR) is 141 cm³/mol. The molecule has 3 N–H and O–H groups in total. The van der Waals surface area contributed by atoms with Gasteiger partial charge in [-0.25, -0.2) is 18.3 Å². The Balaban J connectivity index is 1.25. The number of amides is 1. The first-order chi connectivity index (χ1) is 18.8. The second-order valence-electron chi connectivity index (χ2n) is 10.0. The van der Waals surface area contributed by atoms with E-state index in [0.717, 1.165) is 11.1 Å². The molecule has 0 bridgehead atoms. The largest absolute Gasteiger partial charge is 0.388 e. The van der Waals surface area contributed by atoms with E-state index in [0.29, 0.717) is 17.8 Å². The first kappa shape index (κ1) is 26.6. The highest BCUT2D eigenvalue weighted by Crippen LogP contribution is 2.30. The molecule has 1 aliphatic heterocycles. The van der Waals surface area contributed by atoms with E-state index in [2.05, 4.69) is 10.1 Å². The van der Waals surface area contributed by atoms with Crippen LogP contribution in [0, 0.1) is 0 Å². The maximum atomic E-state index is 13.7. The second kappa shape index (κ2) is 11.0. The van der Waals surface area contributed by atoms with Gasteiger partial charge in [-0.05, 0) is 24.0 Å². The highest BCUT2D eigenvalue weighted by Gasteiger charge is 2.36. The molecule has 204 valence electrons. The molecule has 9 nitrogen and oxygen atoms in total. The number of benzene rings is 2. The van der Waals surface area contributed by atoms with Crippen LogP contribution in [0.15, 0.2) is 71.9 Å². The van der Waals surface area contributed by atoms with Crippen molar-refractivity contribution in [3.8, 4) is 11.3 Å². The minimum absolute atomic E-state index is 0.0194. The molecule has 0 aliphatic carbocycles. The number of imidazole rings is 1. The van der Waals surface area contributed by atoms with Gasteiger partial charge in [0.2, 0.25) is 18.0 Å². The molecule has 1 atom stereocenters. The Morgan fingerprint density at radius 1 is 1.08 bits per heavy atom. The molecule has 39 heavy (non-hydrogen) atoms. The number of halogens is 2. The van der Waals surface area contributed by atoms with E-state index in [1.54, 1.807) is 36.5 Å². The Morgan fingerprint density at radius 2 is 1.77 bits per heavy atom. The number of alkyl halides is 2. The highest BCUT2D eigenvalue weighted by atomic mass is 19.3. The van der Waals surface area contributed by atoms with Crippen LogP contribution in [0.5, 0.6) is 0 Å². The highest BCUT2D eigenvalue weighted by molar-refractivity contribution is 5.77. The van der Waals surface area contributed by atoms with Gasteiger partial charge in [0, 0.05) is 31.6 Å². The zero-order valence-electron chi connectivity index (χ0n) is 21.3. The fraction of sp³-hybridized carbons (Fsp3) is 0.357. The summed E-state index contributed by atoms with van der Waals surface area (Å²) in [6, 6.07) is 15.9. The molecule has 0 spiro atoms. The van der Waals surface area contributed by atoms with Gasteiger partial charge in [-0.2, -0.15) is 5.10 Å². The molecule has 2 aromatic carbocycles. The van der Waals surface area contributed by atoms with Crippen LogP contribution in [0.25, 0.3) is 16.9 Å². The molecule has 0 saturated carbocycles. The number of carbonyl (C=O) groups is 1. The van der Waals surface area contributed by atoms with Crippen LogP contribution in [0.4, 0.5) is 8.78 Å².